The van der Waals surface area contributed by atoms with Gasteiger partial charge in [0.2, 0.25) is 0 Å². The molecule has 0 aromatic heterocycles. The molecule has 1 saturated heterocycles. The number of rotatable bonds is 2. The van der Waals surface area contributed by atoms with E-state index in [0.717, 1.165) is 12.0 Å². The quantitative estimate of drug-likeness (QED) is 0.759. The van der Waals surface area contributed by atoms with Crippen LogP contribution in [-0.4, -0.2) is 12.2 Å². The smallest absolute Gasteiger partial charge is 0.185 e. The molecule has 2 nitrogen and oxygen atoms in total. The van der Waals surface area contributed by atoms with E-state index in [2.05, 4.69) is 32.9 Å². The van der Waals surface area contributed by atoms with Gasteiger partial charge in [0.05, 0.1) is 12.2 Å². The van der Waals surface area contributed by atoms with Gasteiger partial charge in [-0.05, 0) is 31.0 Å². The predicted molar refractivity (Wildman–Crippen MR) is 61.7 cm³/mol. The van der Waals surface area contributed by atoms with Gasteiger partial charge in [-0.3, -0.25) is 0 Å². The number of hydrogen-bond acceptors (Lipinski definition) is 2. The molecule has 0 amide bonds. The molecule has 3 atom stereocenters. The molecule has 1 aliphatic rings. The molecule has 0 saturated carbocycles. The van der Waals surface area contributed by atoms with Crippen molar-refractivity contribution in [2.75, 3.05) is 0 Å². The Bertz CT molecular complexity index is 321. The molecule has 16 heavy (non-hydrogen) atoms. The van der Waals surface area contributed by atoms with Gasteiger partial charge in [-0.2, -0.15) is 0 Å². The van der Waals surface area contributed by atoms with E-state index in [1.807, 2.05) is 18.2 Å². The van der Waals surface area contributed by atoms with Gasteiger partial charge in [0.25, 0.3) is 0 Å². The third kappa shape index (κ3) is 2.55. The molecular weight excluding hydrogens is 200 g/mol. The molecule has 1 fully saturated rings. The molecule has 0 aliphatic carbocycles. The summed E-state index contributed by atoms with van der Waals surface area (Å²) in [6.07, 6.45) is 1.24. The Morgan fingerprint density at radius 3 is 2.75 bits per heavy atom. The molecular formula is C14H18O2. The summed E-state index contributed by atoms with van der Waals surface area (Å²) in [6.45, 7) is 6.47. The Kier molecular flexibility index (Phi) is 3.48. The van der Waals surface area contributed by atoms with Crippen LogP contribution in [0.15, 0.2) is 18.2 Å². The van der Waals surface area contributed by atoms with Crippen LogP contribution in [0.25, 0.3) is 0 Å². The van der Waals surface area contributed by atoms with E-state index in [1.165, 1.54) is 0 Å². The highest BCUT2D eigenvalue weighted by molar-refractivity contribution is 5.12. The fourth-order valence-electron chi connectivity index (χ4n) is 1.93. The minimum Gasteiger partial charge on any atom is -0.345 e. The van der Waals surface area contributed by atoms with E-state index >= 15 is 0 Å². The zero-order chi connectivity index (χ0) is 11.5. The van der Waals surface area contributed by atoms with Crippen molar-refractivity contribution in [3.63, 3.8) is 0 Å². The van der Waals surface area contributed by atoms with E-state index in [-0.39, 0.29) is 18.5 Å². The lowest BCUT2D eigenvalue weighted by atomic mass is 10.00. The highest BCUT2D eigenvalue weighted by Gasteiger charge is 2.30. The molecule has 2 rings (SSSR count). The van der Waals surface area contributed by atoms with E-state index in [0.29, 0.717) is 5.92 Å². The van der Waals surface area contributed by atoms with Crippen LogP contribution in [0, 0.1) is 18.1 Å². The predicted octanol–water partition coefficient (Wildman–Crippen LogP) is 3.14. The molecule has 1 heterocycles. The van der Waals surface area contributed by atoms with Gasteiger partial charge in [-0.1, -0.05) is 26.0 Å². The van der Waals surface area contributed by atoms with Crippen molar-refractivity contribution in [3.8, 4) is 0 Å². The summed E-state index contributed by atoms with van der Waals surface area (Å²) in [5, 5.41) is 0. The normalized spacial score (nSPS) is 30.1. The van der Waals surface area contributed by atoms with Crippen LogP contribution >= 0.6 is 0 Å². The molecule has 1 aromatic carbocycles. The Labute approximate surface area is 97.6 Å². The first-order valence-corrected chi connectivity index (χ1v) is 5.85. The zero-order valence-corrected chi connectivity index (χ0v) is 10.1. The van der Waals surface area contributed by atoms with Crippen molar-refractivity contribution >= 4 is 0 Å². The topological polar surface area (TPSA) is 18.5 Å². The van der Waals surface area contributed by atoms with Crippen LogP contribution in [-0.2, 0) is 9.47 Å². The molecule has 86 valence electrons. The summed E-state index contributed by atoms with van der Waals surface area (Å²) in [5.74, 6) is 0.521. The molecule has 1 aromatic rings. The van der Waals surface area contributed by atoms with Crippen molar-refractivity contribution in [2.24, 2.45) is 5.92 Å². The third-order valence-electron chi connectivity index (χ3n) is 2.92. The monoisotopic (exact) mass is 218 g/mol. The maximum Gasteiger partial charge on any atom is 0.185 e. The van der Waals surface area contributed by atoms with Gasteiger partial charge < -0.3 is 9.47 Å². The number of ether oxygens (including phenoxy) is 2. The number of hydrogen-bond donors (Lipinski definition) is 0. The van der Waals surface area contributed by atoms with Gasteiger partial charge in [0, 0.05) is 12.0 Å². The summed E-state index contributed by atoms with van der Waals surface area (Å²) in [5.41, 5.74) is 1.02. The van der Waals surface area contributed by atoms with Gasteiger partial charge in [-0.25, -0.2) is 0 Å². The highest BCUT2D eigenvalue weighted by atomic mass is 16.7. The average molecular weight is 218 g/mol. The van der Waals surface area contributed by atoms with Gasteiger partial charge >= 0.3 is 0 Å². The van der Waals surface area contributed by atoms with Crippen LogP contribution in [0.3, 0.4) is 0 Å². The van der Waals surface area contributed by atoms with E-state index in [1.54, 1.807) is 0 Å². The van der Waals surface area contributed by atoms with Crippen molar-refractivity contribution < 1.29 is 9.47 Å². The Hall–Kier alpha value is -1.04. The molecule has 0 N–H and O–H groups in total. The first-order valence-electron chi connectivity index (χ1n) is 5.85. The van der Waals surface area contributed by atoms with Crippen LogP contribution < -0.4 is 0 Å². The van der Waals surface area contributed by atoms with Crippen molar-refractivity contribution in [1.29, 1.82) is 0 Å². The van der Waals surface area contributed by atoms with Gasteiger partial charge in [0.15, 0.2) is 6.29 Å². The van der Waals surface area contributed by atoms with Crippen LogP contribution in [0.4, 0.5) is 0 Å². The van der Waals surface area contributed by atoms with Crippen LogP contribution in [0.5, 0.6) is 0 Å². The lowest BCUT2D eigenvalue weighted by molar-refractivity contribution is -0.252. The molecule has 0 spiro atoms. The zero-order valence-electron chi connectivity index (χ0n) is 10.1. The molecule has 0 radical (unpaired) electrons. The van der Waals surface area contributed by atoms with Crippen LogP contribution in [0.2, 0.25) is 0 Å². The Balaban J connectivity index is 2.11. The van der Waals surface area contributed by atoms with Crippen molar-refractivity contribution in [3.05, 3.63) is 35.9 Å². The van der Waals surface area contributed by atoms with Crippen molar-refractivity contribution in [1.82, 2.24) is 0 Å². The third-order valence-corrected chi connectivity index (χ3v) is 2.92. The summed E-state index contributed by atoms with van der Waals surface area (Å²) in [4.78, 5) is 0. The molecule has 2 unspecified atom stereocenters. The lowest BCUT2D eigenvalue weighted by Gasteiger charge is -2.36. The fourth-order valence-corrected chi connectivity index (χ4v) is 1.93. The second-order valence-corrected chi connectivity index (χ2v) is 4.70. The Morgan fingerprint density at radius 1 is 1.31 bits per heavy atom. The molecule has 1 aliphatic heterocycles. The minimum atomic E-state index is -0.248. The maximum absolute atomic E-state index is 5.95. The van der Waals surface area contributed by atoms with Crippen molar-refractivity contribution in [2.45, 2.75) is 45.7 Å². The van der Waals surface area contributed by atoms with E-state index in [9.17, 15) is 0 Å². The maximum atomic E-state index is 5.95. The fraction of sp³-hybridized carbons (Fsp3) is 0.571. The lowest BCUT2D eigenvalue weighted by Crippen LogP contribution is -2.35. The summed E-state index contributed by atoms with van der Waals surface area (Å²) >= 11 is 0. The molecule has 0 bridgehead atoms. The standard InChI is InChI=1S/C14H18O2/c1-10(2)13-9-11(3)15-14(16-13)12-7-5-4-6-8-12/h5,7-8,10-11,13-14H,9H2,1-3H3/t11-,13?,14?/m1/s1. The Morgan fingerprint density at radius 2 is 2.12 bits per heavy atom. The van der Waals surface area contributed by atoms with Gasteiger partial charge in [-0.15, -0.1) is 0 Å². The first-order chi connectivity index (χ1) is 7.66. The van der Waals surface area contributed by atoms with Crippen LogP contribution in [0.1, 0.15) is 39.0 Å². The van der Waals surface area contributed by atoms with Gasteiger partial charge in [0.1, 0.15) is 0 Å². The molecule has 2 heteroatoms. The van der Waals surface area contributed by atoms with E-state index in [4.69, 9.17) is 9.47 Å². The first kappa shape index (κ1) is 11.4. The summed E-state index contributed by atoms with van der Waals surface area (Å²) in [6, 6.07) is 11.5. The van der Waals surface area contributed by atoms with E-state index < -0.39 is 0 Å². The second-order valence-electron chi connectivity index (χ2n) is 4.70. The highest BCUT2D eigenvalue weighted by Crippen LogP contribution is 2.31. The average Bonchev–Trinajstić information content (AvgIpc) is 2.29. The summed E-state index contributed by atoms with van der Waals surface area (Å²) in [7, 11) is 0. The minimum absolute atomic E-state index is 0.246. The SMILES string of the molecule is CC(C)C1C[C@@H](C)OC(c2cc#ccc2)O1. The largest absolute Gasteiger partial charge is 0.345 e. The second kappa shape index (κ2) is 4.86. The summed E-state index contributed by atoms with van der Waals surface area (Å²) < 4.78 is 11.7.